The average molecular weight is 713 g/mol. The zero-order valence-electron chi connectivity index (χ0n) is 27.2. The number of benzene rings is 5. The molecule has 2 unspecified atom stereocenters. The van der Waals surface area contributed by atoms with E-state index in [-0.39, 0.29) is 9.79 Å². The van der Waals surface area contributed by atoms with Crippen LogP contribution in [0.5, 0.6) is 0 Å². The molecule has 14 heteroatoms. The molecule has 0 aliphatic carbocycles. The molecule has 0 saturated heterocycles. The Labute approximate surface area is 291 Å². The molecule has 0 spiro atoms. The number of anilines is 2. The summed E-state index contributed by atoms with van der Waals surface area (Å²) in [7, 11) is -8.92. The largest absolute Gasteiger partial charge is 0.374 e. The summed E-state index contributed by atoms with van der Waals surface area (Å²) in [5.41, 5.74) is 5.54. The van der Waals surface area contributed by atoms with Crippen molar-refractivity contribution in [1.82, 2.24) is 0 Å². The van der Waals surface area contributed by atoms with Crippen LogP contribution in [0.3, 0.4) is 0 Å². The van der Waals surface area contributed by atoms with E-state index in [1.165, 1.54) is 24.3 Å². The topological polar surface area (TPSA) is 182 Å². The summed E-state index contributed by atoms with van der Waals surface area (Å²) >= 11 is 0. The van der Waals surface area contributed by atoms with Crippen LogP contribution >= 0.6 is 0 Å². The first-order valence-electron chi connectivity index (χ1n) is 15.7. The number of nitrogens with zero attached hydrogens (tertiary/aromatic N) is 4. The van der Waals surface area contributed by atoms with E-state index in [1.807, 2.05) is 86.6 Å². The van der Waals surface area contributed by atoms with Crippen molar-refractivity contribution in [2.75, 3.05) is 23.7 Å². The summed E-state index contributed by atoms with van der Waals surface area (Å²) in [5, 5.41) is 23.3. The second kappa shape index (κ2) is 16.0. The van der Waals surface area contributed by atoms with Crippen LogP contribution in [-0.2, 0) is 20.2 Å². The van der Waals surface area contributed by atoms with Gasteiger partial charge in [-0.15, -0.1) is 0 Å². The van der Waals surface area contributed by atoms with Crippen LogP contribution < -0.4 is 10.6 Å². The first kappa shape index (κ1) is 36.0. The monoisotopic (exact) mass is 712 g/mol. The van der Waals surface area contributed by atoms with Crippen LogP contribution in [0, 0.1) is 0 Å². The van der Waals surface area contributed by atoms with Crippen molar-refractivity contribution in [2.24, 2.45) is 20.5 Å². The van der Waals surface area contributed by atoms with Gasteiger partial charge in [-0.2, -0.15) is 37.3 Å². The standard InChI is InChI=1S/C36H36N6O6S2/c1-3-37-41-31-19-15-29(16-20-31)39-35(27-7-5-9-33(23-27)49(43,44)45)25-11-13-26(14-12-25)36(28-8-6-10-34(24-28)50(46,47)48)40-30-17-21-32(22-18-30)42-38-4-2/h5-24,35-36,39-40H,3-4H2,1-2H3,(H,43,44,45)(H,46,47,48). The van der Waals surface area contributed by atoms with Crippen LogP contribution in [0.4, 0.5) is 22.7 Å². The zero-order valence-corrected chi connectivity index (χ0v) is 28.9. The van der Waals surface area contributed by atoms with Gasteiger partial charge in [0.1, 0.15) is 0 Å². The van der Waals surface area contributed by atoms with Gasteiger partial charge in [0.2, 0.25) is 0 Å². The molecule has 0 amide bonds. The highest BCUT2D eigenvalue weighted by molar-refractivity contribution is 7.86. The van der Waals surface area contributed by atoms with E-state index in [0.29, 0.717) is 35.6 Å². The lowest BCUT2D eigenvalue weighted by molar-refractivity contribution is 0.480. The van der Waals surface area contributed by atoms with E-state index >= 15 is 0 Å². The van der Waals surface area contributed by atoms with Crippen LogP contribution in [-0.4, -0.2) is 39.0 Å². The van der Waals surface area contributed by atoms with E-state index < -0.39 is 32.3 Å². The van der Waals surface area contributed by atoms with Crippen LogP contribution in [0.2, 0.25) is 0 Å². The van der Waals surface area contributed by atoms with E-state index in [4.69, 9.17) is 0 Å². The minimum atomic E-state index is -4.46. The van der Waals surface area contributed by atoms with Crippen molar-refractivity contribution in [3.05, 3.63) is 144 Å². The second-order valence-corrected chi connectivity index (χ2v) is 14.0. The zero-order chi connectivity index (χ0) is 35.7. The molecule has 0 bridgehead atoms. The maximum absolute atomic E-state index is 12.0. The third-order valence-corrected chi connectivity index (χ3v) is 9.29. The highest BCUT2D eigenvalue weighted by Gasteiger charge is 2.21. The number of hydrogen-bond acceptors (Lipinski definition) is 10. The van der Waals surface area contributed by atoms with Gasteiger partial charge in [0, 0.05) is 11.4 Å². The third-order valence-electron chi connectivity index (χ3n) is 7.59. The van der Waals surface area contributed by atoms with Gasteiger partial charge in [0.25, 0.3) is 20.2 Å². The summed E-state index contributed by atoms with van der Waals surface area (Å²) in [6.07, 6.45) is 0. The number of rotatable bonds is 14. The molecular formula is C36H36N6O6S2. The lowest BCUT2D eigenvalue weighted by Crippen LogP contribution is -2.15. The van der Waals surface area contributed by atoms with Crippen LogP contribution in [0.1, 0.15) is 48.2 Å². The molecule has 0 heterocycles. The van der Waals surface area contributed by atoms with Gasteiger partial charge in [0.05, 0.1) is 46.3 Å². The molecule has 12 nitrogen and oxygen atoms in total. The van der Waals surface area contributed by atoms with Crippen LogP contribution in [0.25, 0.3) is 0 Å². The quantitative estimate of drug-likeness (QED) is 0.0651. The SMILES string of the molecule is CCN=Nc1ccc(NC(c2ccc(C(Nc3ccc(N=NCC)cc3)c3cccc(S(=O)(=O)O)c3)cc2)c2cccc(S(=O)(=O)O)c2)cc1. The first-order valence-corrected chi connectivity index (χ1v) is 18.6. The predicted octanol–water partition coefficient (Wildman–Crippen LogP) is 8.79. The van der Waals surface area contributed by atoms with Gasteiger partial charge in [0.15, 0.2) is 0 Å². The molecule has 5 aromatic carbocycles. The fraction of sp³-hybridized carbons (Fsp3) is 0.167. The maximum Gasteiger partial charge on any atom is 0.294 e. The Balaban J connectivity index is 1.54. The third kappa shape index (κ3) is 9.45. The molecule has 0 fully saturated rings. The summed E-state index contributed by atoms with van der Waals surface area (Å²) in [5.74, 6) is 0. The molecule has 0 aliphatic heterocycles. The Morgan fingerprint density at radius 3 is 1.20 bits per heavy atom. The second-order valence-electron chi connectivity index (χ2n) is 11.1. The number of nitrogens with one attached hydrogen (secondary N) is 2. The Bertz CT molecular complexity index is 2030. The summed E-state index contributed by atoms with van der Waals surface area (Å²) in [6, 6.07) is 33.2. The van der Waals surface area contributed by atoms with Gasteiger partial charge < -0.3 is 10.6 Å². The summed E-state index contributed by atoms with van der Waals surface area (Å²) in [4.78, 5) is -0.474. The molecule has 2 atom stereocenters. The summed E-state index contributed by atoms with van der Waals surface area (Å²) < 4.78 is 67.6. The molecule has 258 valence electrons. The maximum atomic E-state index is 12.0. The van der Waals surface area contributed by atoms with Gasteiger partial charge in [-0.1, -0.05) is 48.5 Å². The molecule has 5 rings (SSSR count). The fourth-order valence-electron chi connectivity index (χ4n) is 5.19. The van der Waals surface area contributed by atoms with E-state index in [2.05, 4.69) is 31.1 Å². The Morgan fingerprint density at radius 1 is 0.520 bits per heavy atom. The van der Waals surface area contributed by atoms with Crippen molar-refractivity contribution < 1.29 is 25.9 Å². The highest BCUT2D eigenvalue weighted by Crippen LogP contribution is 2.33. The Kier molecular flexibility index (Phi) is 11.5. The molecule has 0 saturated carbocycles. The minimum Gasteiger partial charge on any atom is -0.374 e. The molecular weight excluding hydrogens is 677 g/mol. The fourth-order valence-corrected chi connectivity index (χ4v) is 6.27. The molecule has 5 aromatic rings. The molecule has 0 aliphatic rings. The number of hydrogen-bond donors (Lipinski definition) is 4. The normalized spacial score (nSPS) is 13.4. The molecule has 0 radical (unpaired) electrons. The van der Waals surface area contributed by atoms with Crippen molar-refractivity contribution in [1.29, 1.82) is 0 Å². The molecule has 4 N–H and O–H groups in total. The van der Waals surface area contributed by atoms with Crippen molar-refractivity contribution in [3.63, 3.8) is 0 Å². The lowest BCUT2D eigenvalue weighted by atomic mass is 9.93. The van der Waals surface area contributed by atoms with Crippen molar-refractivity contribution >= 4 is 43.0 Å². The smallest absolute Gasteiger partial charge is 0.294 e. The van der Waals surface area contributed by atoms with E-state index in [0.717, 1.165) is 22.5 Å². The van der Waals surface area contributed by atoms with E-state index in [1.54, 1.807) is 24.3 Å². The number of azo groups is 2. The van der Waals surface area contributed by atoms with Gasteiger partial charge >= 0.3 is 0 Å². The minimum absolute atomic E-state index is 0.237. The highest BCUT2D eigenvalue weighted by atomic mass is 32.2. The van der Waals surface area contributed by atoms with E-state index in [9.17, 15) is 25.9 Å². The molecule has 0 aromatic heterocycles. The van der Waals surface area contributed by atoms with Gasteiger partial charge in [-0.3, -0.25) is 9.11 Å². The summed E-state index contributed by atoms with van der Waals surface area (Å²) in [6.45, 7) is 4.90. The predicted molar refractivity (Wildman–Crippen MR) is 193 cm³/mol. The van der Waals surface area contributed by atoms with Gasteiger partial charge in [-0.25, -0.2) is 0 Å². The average Bonchev–Trinajstić information content (AvgIpc) is 3.11. The Hall–Kier alpha value is -5.28. The van der Waals surface area contributed by atoms with Crippen molar-refractivity contribution in [2.45, 2.75) is 35.7 Å². The lowest BCUT2D eigenvalue weighted by Gasteiger charge is -2.24. The first-order chi connectivity index (χ1) is 23.9. The Morgan fingerprint density at radius 2 is 0.880 bits per heavy atom. The van der Waals surface area contributed by atoms with Crippen LogP contribution in [0.15, 0.2) is 152 Å². The van der Waals surface area contributed by atoms with Gasteiger partial charge in [-0.05, 0) is 109 Å². The molecule has 50 heavy (non-hydrogen) atoms. The van der Waals surface area contributed by atoms with Crippen molar-refractivity contribution in [3.8, 4) is 0 Å².